The van der Waals surface area contributed by atoms with Gasteiger partial charge in [-0.15, -0.1) is 0 Å². The molecule has 0 N–H and O–H groups in total. The number of rotatable bonds is 4. The molecule has 0 aliphatic carbocycles. The zero-order chi connectivity index (χ0) is 20.1. The molecule has 3 aromatic rings. The van der Waals surface area contributed by atoms with Gasteiger partial charge in [-0.1, -0.05) is 12.1 Å². The molecule has 0 atom stereocenters. The molecule has 0 fully saturated rings. The van der Waals surface area contributed by atoms with Crippen LogP contribution in [0, 0.1) is 13.8 Å². The predicted octanol–water partition coefficient (Wildman–Crippen LogP) is 2.15. The number of hydrogen-bond acceptors (Lipinski definition) is 5. The van der Waals surface area contributed by atoms with E-state index in [0.717, 1.165) is 53.6 Å². The first-order valence-corrected chi connectivity index (χ1v) is 10.8. The monoisotopic (exact) mass is 399 g/mol. The van der Waals surface area contributed by atoms with Gasteiger partial charge in [0.2, 0.25) is 15.8 Å². The third-order valence-corrected chi connectivity index (χ3v) is 7.21. The topological polar surface area (TPSA) is 70.8 Å². The lowest BCUT2D eigenvalue weighted by Gasteiger charge is -2.30. The lowest BCUT2D eigenvalue weighted by molar-refractivity contribution is 0.240. The number of aryl methyl sites for hydroxylation is 2. The van der Waals surface area contributed by atoms with Gasteiger partial charge in [-0.2, -0.15) is 0 Å². The van der Waals surface area contributed by atoms with Gasteiger partial charge in [-0.05, 0) is 43.5 Å². The normalized spacial score (nSPS) is 15.3. The highest BCUT2D eigenvalue weighted by molar-refractivity contribution is 7.89. The Morgan fingerprint density at radius 3 is 2.75 bits per heavy atom. The van der Waals surface area contributed by atoms with Gasteiger partial charge in [-0.25, -0.2) is 22.7 Å². The van der Waals surface area contributed by atoms with E-state index in [1.807, 2.05) is 25.3 Å². The average Bonchev–Trinajstić information content (AvgIpc) is 3.03. The van der Waals surface area contributed by atoms with Crippen molar-refractivity contribution in [2.24, 2.45) is 0 Å². The van der Waals surface area contributed by atoms with Gasteiger partial charge in [0.15, 0.2) is 0 Å². The van der Waals surface area contributed by atoms with Crippen LogP contribution in [0.25, 0.3) is 5.78 Å². The van der Waals surface area contributed by atoms with Crippen molar-refractivity contribution in [2.75, 3.05) is 20.6 Å². The summed E-state index contributed by atoms with van der Waals surface area (Å²) in [5, 5.41) is 0. The van der Waals surface area contributed by atoms with Crippen molar-refractivity contribution < 1.29 is 8.42 Å². The van der Waals surface area contributed by atoms with E-state index in [1.165, 1.54) is 4.31 Å². The van der Waals surface area contributed by atoms with Gasteiger partial charge in [0.25, 0.3) is 0 Å². The van der Waals surface area contributed by atoms with Crippen molar-refractivity contribution in [1.82, 2.24) is 23.6 Å². The van der Waals surface area contributed by atoms with Gasteiger partial charge in [-0.3, -0.25) is 9.30 Å². The Balaban J connectivity index is 1.63. The van der Waals surface area contributed by atoms with E-state index in [-0.39, 0.29) is 0 Å². The van der Waals surface area contributed by atoms with Crippen molar-refractivity contribution >= 4 is 15.8 Å². The molecule has 7 nitrogen and oxygen atoms in total. The maximum atomic E-state index is 12.6. The predicted molar refractivity (Wildman–Crippen MR) is 108 cm³/mol. The first-order valence-electron chi connectivity index (χ1n) is 9.33. The molecule has 0 spiro atoms. The SMILES string of the molecule is Cc1cc(C)n2c(CN3CCc4c(cccc4S(=O)(=O)N(C)C)C3)cnc2n1. The summed E-state index contributed by atoms with van der Waals surface area (Å²) >= 11 is 0. The summed E-state index contributed by atoms with van der Waals surface area (Å²) in [6.45, 7) is 6.31. The zero-order valence-electron chi connectivity index (χ0n) is 16.7. The molecule has 1 aromatic carbocycles. The number of aromatic nitrogens is 3. The Morgan fingerprint density at radius 1 is 1.21 bits per heavy atom. The smallest absolute Gasteiger partial charge is 0.242 e. The van der Waals surface area contributed by atoms with Crippen molar-refractivity contribution in [1.29, 1.82) is 0 Å². The van der Waals surface area contributed by atoms with E-state index in [4.69, 9.17) is 0 Å². The average molecular weight is 400 g/mol. The van der Waals surface area contributed by atoms with Crippen LogP contribution >= 0.6 is 0 Å². The maximum Gasteiger partial charge on any atom is 0.242 e. The third-order valence-electron chi connectivity index (χ3n) is 5.31. The number of fused-ring (bicyclic) bond motifs is 2. The highest BCUT2D eigenvalue weighted by Crippen LogP contribution is 2.28. The molecular weight excluding hydrogens is 374 g/mol. The largest absolute Gasteiger partial charge is 0.293 e. The Kier molecular flexibility index (Phi) is 4.73. The number of nitrogens with zero attached hydrogens (tertiary/aromatic N) is 5. The Morgan fingerprint density at radius 2 is 2.00 bits per heavy atom. The van der Waals surface area contributed by atoms with E-state index in [9.17, 15) is 8.42 Å². The summed E-state index contributed by atoms with van der Waals surface area (Å²) in [6, 6.07) is 7.64. The van der Waals surface area contributed by atoms with Gasteiger partial charge < -0.3 is 0 Å². The summed E-state index contributed by atoms with van der Waals surface area (Å²) in [7, 11) is -0.280. The van der Waals surface area contributed by atoms with Crippen LogP contribution < -0.4 is 0 Å². The molecule has 0 radical (unpaired) electrons. The first kappa shape index (κ1) is 19.0. The van der Waals surface area contributed by atoms with Gasteiger partial charge >= 0.3 is 0 Å². The Labute approximate surface area is 165 Å². The van der Waals surface area contributed by atoms with E-state index >= 15 is 0 Å². The van der Waals surface area contributed by atoms with Gasteiger partial charge in [0.05, 0.1) is 16.8 Å². The highest BCUT2D eigenvalue weighted by atomic mass is 32.2. The fourth-order valence-corrected chi connectivity index (χ4v) is 5.13. The van der Waals surface area contributed by atoms with Crippen molar-refractivity contribution in [3.05, 3.63) is 58.7 Å². The second kappa shape index (κ2) is 6.95. The number of imidazole rings is 1. The van der Waals surface area contributed by atoms with Crippen LogP contribution in [0.4, 0.5) is 0 Å². The van der Waals surface area contributed by atoms with E-state index < -0.39 is 10.0 Å². The molecule has 1 aliphatic rings. The molecule has 0 saturated carbocycles. The summed E-state index contributed by atoms with van der Waals surface area (Å²) in [5.41, 5.74) is 5.20. The van der Waals surface area contributed by atoms with E-state index in [0.29, 0.717) is 11.3 Å². The third kappa shape index (κ3) is 3.21. The minimum atomic E-state index is -3.43. The number of sulfonamides is 1. The number of benzene rings is 1. The number of hydrogen-bond donors (Lipinski definition) is 0. The molecule has 1 aliphatic heterocycles. The molecule has 4 rings (SSSR count). The van der Waals surface area contributed by atoms with Crippen molar-refractivity contribution in [3.63, 3.8) is 0 Å². The summed E-state index contributed by atoms with van der Waals surface area (Å²) in [5.74, 6) is 0.726. The second-order valence-corrected chi connectivity index (χ2v) is 9.69. The van der Waals surface area contributed by atoms with Crippen LogP contribution in [-0.2, 0) is 29.5 Å². The Hall–Kier alpha value is -2.29. The van der Waals surface area contributed by atoms with E-state index in [2.05, 4.69) is 32.3 Å². The molecule has 2 aromatic heterocycles. The Bertz CT molecular complexity index is 1150. The minimum absolute atomic E-state index is 0.431. The molecular formula is C20H25N5O2S. The van der Waals surface area contributed by atoms with Gasteiger partial charge in [0, 0.05) is 45.1 Å². The summed E-state index contributed by atoms with van der Waals surface area (Å²) < 4.78 is 28.7. The highest BCUT2D eigenvalue weighted by Gasteiger charge is 2.26. The molecule has 28 heavy (non-hydrogen) atoms. The first-order chi connectivity index (χ1) is 13.3. The molecule has 0 bridgehead atoms. The summed E-state index contributed by atoms with van der Waals surface area (Å²) in [4.78, 5) is 11.7. The van der Waals surface area contributed by atoms with Crippen LogP contribution in [0.5, 0.6) is 0 Å². The molecule has 0 amide bonds. The lowest BCUT2D eigenvalue weighted by atomic mass is 9.99. The molecule has 0 saturated heterocycles. The fraction of sp³-hybridized carbons (Fsp3) is 0.400. The maximum absolute atomic E-state index is 12.6. The van der Waals surface area contributed by atoms with Crippen LogP contribution in [0.2, 0.25) is 0 Å². The van der Waals surface area contributed by atoms with E-state index in [1.54, 1.807) is 20.2 Å². The quantitative estimate of drug-likeness (QED) is 0.672. The van der Waals surface area contributed by atoms with Crippen LogP contribution in [0.1, 0.15) is 28.2 Å². The molecule has 3 heterocycles. The zero-order valence-corrected chi connectivity index (χ0v) is 17.5. The van der Waals surface area contributed by atoms with Crippen molar-refractivity contribution in [2.45, 2.75) is 38.3 Å². The standard InChI is InChI=1S/C20H25N5O2S/c1-14-10-15(2)25-17(11-21-20(25)22-14)13-24-9-8-18-16(12-24)6-5-7-19(18)28(26,27)23(3)4/h5-7,10-11H,8-9,12-13H2,1-4H3. The van der Waals surface area contributed by atoms with Crippen LogP contribution in [0.15, 0.2) is 35.4 Å². The van der Waals surface area contributed by atoms with Gasteiger partial charge in [0.1, 0.15) is 0 Å². The van der Waals surface area contributed by atoms with Crippen molar-refractivity contribution in [3.8, 4) is 0 Å². The molecule has 0 unspecified atom stereocenters. The van der Waals surface area contributed by atoms with Crippen LogP contribution in [-0.4, -0.2) is 52.6 Å². The lowest BCUT2D eigenvalue weighted by Crippen LogP contribution is -2.32. The summed E-state index contributed by atoms with van der Waals surface area (Å²) in [6.07, 6.45) is 2.60. The van der Waals surface area contributed by atoms with Crippen LogP contribution in [0.3, 0.4) is 0 Å². The fourth-order valence-electron chi connectivity index (χ4n) is 3.94. The molecule has 8 heteroatoms. The molecule has 148 valence electrons. The second-order valence-electron chi connectivity index (χ2n) is 7.57. The minimum Gasteiger partial charge on any atom is -0.293 e.